The van der Waals surface area contributed by atoms with Crippen molar-refractivity contribution in [3.05, 3.63) is 0 Å². The van der Waals surface area contributed by atoms with Crippen LogP contribution in [0.2, 0.25) is 0 Å². The van der Waals surface area contributed by atoms with Crippen molar-refractivity contribution in [2.24, 2.45) is 0 Å². The maximum atomic E-state index is 11.4. The van der Waals surface area contributed by atoms with Crippen LogP contribution in [0.1, 0.15) is 20.3 Å². The molecule has 0 aliphatic heterocycles. The zero-order chi connectivity index (χ0) is 11.8. The summed E-state index contributed by atoms with van der Waals surface area (Å²) in [5, 5.41) is 19.7. The van der Waals surface area contributed by atoms with E-state index in [0.29, 0.717) is 0 Å². The van der Waals surface area contributed by atoms with Gasteiger partial charge in [-0.3, -0.25) is 9.59 Å². The van der Waals surface area contributed by atoms with Crippen LogP contribution in [0.15, 0.2) is 0 Å². The van der Waals surface area contributed by atoms with Crippen LogP contribution in [-0.2, 0) is 14.3 Å². The molecule has 6 nitrogen and oxygen atoms in total. The molecule has 0 aliphatic carbocycles. The third-order valence-electron chi connectivity index (χ3n) is 1.52. The zero-order valence-corrected chi connectivity index (χ0v) is 8.90. The highest BCUT2D eigenvalue weighted by molar-refractivity contribution is 5.82. The van der Waals surface area contributed by atoms with Crippen LogP contribution < -0.4 is 5.32 Å². The van der Waals surface area contributed by atoms with Gasteiger partial charge in [-0.05, 0) is 13.8 Å². The first-order valence-corrected chi connectivity index (χ1v) is 4.74. The molecule has 0 amide bonds. The minimum absolute atomic E-state index is 0.158. The van der Waals surface area contributed by atoms with Crippen molar-refractivity contribution in [1.29, 1.82) is 0 Å². The number of carbonyl (C=O) groups excluding carboxylic acids is 1. The lowest BCUT2D eigenvalue weighted by molar-refractivity contribution is -0.153. The fourth-order valence-electron chi connectivity index (χ4n) is 0.967. The van der Waals surface area contributed by atoms with Crippen molar-refractivity contribution >= 4 is 11.9 Å². The molecule has 0 aromatic rings. The number of aliphatic carboxylic acids is 1. The number of esters is 1. The van der Waals surface area contributed by atoms with Crippen LogP contribution in [0.4, 0.5) is 0 Å². The monoisotopic (exact) mass is 219 g/mol. The van der Waals surface area contributed by atoms with E-state index < -0.39 is 18.0 Å². The zero-order valence-electron chi connectivity index (χ0n) is 8.90. The molecule has 0 rings (SSSR count). The van der Waals surface area contributed by atoms with Crippen molar-refractivity contribution in [3.8, 4) is 0 Å². The SMILES string of the molecule is CC(C)OC(=O)C(CC(=O)O)NCCO. The number of carboxylic acid groups (broad SMARTS) is 1. The second kappa shape index (κ2) is 7.19. The van der Waals surface area contributed by atoms with Gasteiger partial charge >= 0.3 is 11.9 Å². The number of ether oxygens (including phenoxy) is 1. The number of aliphatic hydroxyl groups excluding tert-OH is 1. The molecule has 15 heavy (non-hydrogen) atoms. The minimum Gasteiger partial charge on any atom is -0.481 e. The molecule has 0 aromatic heterocycles. The van der Waals surface area contributed by atoms with Crippen LogP contribution in [0.25, 0.3) is 0 Å². The number of carboxylic acids is 1. The number of carbonyl (C=O) groups is 2. The Morgan fingerprint density at radius 3 is 2.40 bits per heavy atom. The number of rotatable bonds is 7. The van der Waals surface area contributed by atoms with Gasteiger partial charge in [0, 0.05) is 6.54 Å². The summed E-state index contributed by atoms with van der Waals surface area (Å²) in [6.45, 7) is 3.36. The first-order valence-electron chi connectivity index (χ1n) is 4.74. The first kappa shape index (κ1) is 13.9. The first-order chi connectivity index (χ1) is 6.97. The van der Waals surface area contributed by atoms with Crippen molar-refractivity contribution in [1.82, 2.24) is 5.32 Å². The fraction of sp³-hybridized carbons (Fsp3) is 0.778. The predicted molar refractivity (Wildman–Crippen MR) is 52.4 cm³/mol. The molecular weight excluding hydrogens is 202 g/mol. The minimum atomic E-state index is -1.09. The summed E-state index contributed by atoms with van der Waals surface area (Å²) in [5.74, 6) is -1.70. The molecule has 6 heteroatoms. The lowest BCUT2D eigenvalue weighted by Gasteiger charge is -2.16. The second-order valence-corrected chi connectivity index (χ2v) is 3.31. The molecule has 0 spiro atoms. The lowest BCUT2D eigenvalue weighted by atomic mass is 10.2. The van der Waals surface area contributed by atoms with Crippen LogP contribution in [0.5, 0.6) is 0 Å². The third kappa shape index (κ3) is 6.87. The van der Waals surface area contributed by atoms with Gasteiger partial charge in [0.25, 0.3) is 0 Å². The Hall–Kier alpha value is -1.14. The normalized spacial score (nSPS) is 12.5. The molecule has 0 aromatic carbocycles. The molecule has 0 bridgehead atoms. The van der Waals surface area contributed by atoms with E-state index in [2.05, 4.69) is 5.32 Å². The van der Waals surface area contributed by atoms with E-state index in [1.54, 1.807) is 13.8 Å². The Bertz CT molecular complexity index is 217. The third-order valence-corrected chi connectivity index (χ3v) is 1.52. The van der Waals surface area contributed by atoms with Crippen LogP contribution >= 0.6 is 0 Å². The molecule has 1 atom stereocenters. The quantitative estimate of drug-likeness (QED) is 0.493. The standard InChI is InChI=1S/C9H17NO5/c1-6(2)15-9(14)7(5-8(12)13)10-3-4-11/h6-7,10-11H,3-5H2,1-2H3,(H,12,13). The number of hydrogen-bond donors (Lipinski definition) is 3. The summed E-state index contributed by atoms with van der Waals surface area (Å²) in [6, 6.07) is -0.906. The van der Waals surface area contributed by atoms with Gasteiger partial charge in [-0.15, -0.1) is 0 Å². The Morgan fingerprint density at radius 1 is 1.40 bits per heavy atom. The summed E-state index contributed by atoms with van der Waals surface area (Å²) in [7, 11) is 0. The van der Waals surface area contributed by atoms with Crippen molar-refractivity contribution in [2.45, 2.75) is 32.4 Å². The van der Waals surface area contributed by atoms with Gasteiger partial charge in [-0.2, -0.15) is 0 Å². The number of nitrogens with one attached hydrogen (secondary N) is 1. The molecule has 0 fully saturated rings. The Kier molecular flexibility index (Phi) is 6.64. The summed E-state index contributed by atoms with van der Waals surface area (Å²) >= 11 is 0. The van der Waals surface area contributed by atoms with E-state index in [-0.39, 0.29) is 25.7 Å². The molecule has 0 heterocycles. The Labute approximate surface area is 88.2 Å². The van der Waals surface area contributed by atoms with E-state index in [9.17, 15) is 9.59 Å². The Morgan fingerprint density at radius 2 is 2.00 bits per heavy atom. The van der Waals surface area contributed by atoms with Gasteiger partial charge in [-0.25, -0.2) is 0 Å². The number of hydrogen-bond acceptors (Lipinski definition) is 5. The van der Waals surface area contributed by atoms with Crippen LogP contribution in [0, 0.1) is 0 Å². The predicted octanol–water partition coefficient (Wildman–Crippen LogP) is -0.637. The second-order valence-electron chi connectivity index (χ2n) is 3.31. The maximum absolute atomic E-state index is 11.4. The van der Waals surface area contributed by atoms with E-state index in [0.717, 1.165) is 0 Å². The van der Waals surface area contributed by atoms with Gasteiger partial charge in [0.05, 0.1) is 19.1 Å². The largest absolute Gasteiger partial charge is 0.481 e. The van der Waals surface area contributed by atoms with Gasteiger partial charge in [0.1, 0.15) is 6.04 Å². The maximum Gasteiger partial charge on any atom is 0.323 e. The van der Waals surface area contributed by atoms with E-state index in [4.69, 9.17) is 14.9 Å². The smallest absolute Gasteiger partial charge is 0.323 e. The van der Waals surface area contributed by atoms with E-state index in [1.165, 1.54) is 0 Å². The molecular formula is C9H17NO5. The highest BCUT2D eigenvalue weighted by Gasteiger charge is 2.23. The molecule has 88 valence electrons. The molecule has 1 unspecified atom stereocenters. The molecule has 3 N–H and O–H groups in total. The van der Waals surface area contributed by atoms with Crippen molar-refractivity contribution in [3.63, 3.8) is 0 Å². The average Bonchev–Trinajstić information content (AvgIpc) is 2.10. The summed E-state index contributed by atoms with van der Waals surface area (Å²) < 4.78 is 4.86. The highest BCUT2D eigenvalue weighted by Crippen LogP contribution is 1.99. The van der Waals surface area contributed by atoms with Gasteiger partial charge < -0.3 is 20.3 Å². The molecule has 0 saturated carbocycles. The Balaban J connectivity index is 4.20. The lowest BCUT2D eigenvalue weighted by Crippen LogP contribution is -2.41. The van der Waals surface area contributed by atoms with Crippen molar-refractivity contribution in [2.75, 3.05) is 13.2 Å². The molecule has 0 aliphatic rings. The van der Waals surface area contributed by atoms with E-state index >= 15 is 0 Å². The number of aliphatic hydroxyl groups is 1. The van der Waals surface area contributed by atoms with E-state index in [1.807, 2.05) is 0 Å². The summed E-state index contributed by atoms with van der Waals surface area (Å²) in [6.07, 6.45) is -0.643. The van der Waals surface area contributed by atoms with Gasteiger partial charge in [0.15, 0.2) is 0 Å². The summed E-state index contributed by atoms with van der Waals surface area (Å²) in [5.41, 5.74) is 0. The fourth-order valence-corrected chi connectivity index (χ4v) is 0.967. The average molecular weight is 219 g/mol. The van der Waals surface area contributed by atoms with Crippen LogP contribution in [-0.4, -0.2) is 47.4 Å². The molecule has 0 saturated heterocycles. The van der Waals surface area contributed by atoms with Gasteiger partial charge in [0.2, 0.25) is 0 Å². The van der Waals surface area contributed by atoms with Crippen molar-refractivity contribution < 1.29 is 24.5 Å². The van der Waals surface area contributed by atoms with Gasteiger partial charge in [-0.1, -0.05) is 0 Å². The van der Waals surface area contributed by atoms with Crippen LogP contribution in [0.3, 0.4) is 0 Å². The topological polar surface area (TPSA) is 95.9 Å². The summed E-state index contributed by atoms with van der Waals surface area (Å²) in [4.78, 5) is 21.8. The molecule has 0 radical (unpaired) electrons. The highest BCUT2D eigenvalue weighted by atomic mass is 16.5.